The smallest absolute Gasteiger partial charge is 0.416 e. The number of carbonyl (C=O) groups excluding carboxylic acids is 11. The van der Waals surface area contributed by atoms with Gasteiger partial charge in [0, 0.05) is 56.7 Å². The zero-order valence-corrected chi connectivity index (χ0v) is 64.0. The summed E-state index contributed by atoms with van der Waals surface area (Å²) in [4.78, 5) is 155. The molecule has 0 bridgehead atoms. The molecule has 4 aromatic rings. The Hall–Kier alpha value is -11.5. The van der Waals surface area contributed by atoms with Gasteiger partial charge in [-0.3, -0.25) is 38.5 Å². The molecule has 8 atom stereocenters. The highest BCUT2D eigenvalue weighted by molar-refractivity contribution is 6.08. The Labute approximate surface area is 648 Å². The highest BCUT2D eigenvalue weighted by atomic mass is 16.6. The number of nitrogens with one attached hydrogen (secondary N) is 6. The van der Waals surface area contributed by atoms with Crippen LogP contribution in [-0.2, 0) is 65.6 Å². The van der Waals surface area contributed by atoms with E-state index in [0.29, 0.717) is 66.2 Å². The van der Waals surface area contributed by atoms with Crippen LogP contribution in [0.2, 0.25) is 0 Å². The van der Waals surface area contributed by atoms with Gasteiger partial charge in [0.15, 0.2) is 35.5 Å². The lowest BCUT2D eigenvalue weighted by molar-refractivity contribution is -0.132. The van der Waals surface area contributed by atoms with Gasteiger partial charge >= 0.3 is 24.4 Å². The fourth-order valence-electron chi connectivity index (χ4n) is 13.3. The molecule has 0 radical (unpaired) electrons. The number of likely N-dealkylation sites (tertiary alicyclic amines) is 1. The second-order valence-electron chi connectivity index (χ2n) is 28.1. The van der Waals surface area contributed by atoms with E-state index in [4.69, 9.17) is 47.4 Å². The molecule has 5 aliphatic heterocycles. The van der Waals surface area contributed by atoms with E-state index < -0.39 is 121 Å². The normalized spacial score (nSPS) is 18.5. The lowest BCUT2D eigenvalue weighted by atomic mass is 10.0. The van der Waals surface area contributed by atoms with Crippen molar-refractivity contribution in [3.05, 3.63) is 132 Å². The molecule has 11 amide bonds. The van der Waals surface area contributed by atoms with E-state index in [1.807, 2.05) is 13.8 Å². The number of aliphatic hydroxyl groups is 2. The van der Waals surface area contributed by atoms with Crippen LogP contribution in [0.3, 0.4) is 0 Å². The molecule has 0 spiro atoms. The van der Waals surface area contributed by atoms with E-state index >= 15 is 0 Å². The molecular formula is C78H99N11O23. The number of anilines is 4. The monoisotopic (exact) mass is 1560 g/mol. The molecule has 112 heavy (non-hydrogen) atoms. The van der Waals surface area contributed by atoms with Crippen LogP contribution in [0.5, 0.6) is 23.0 Å². The molecule has 5 heterocycles. The second-order valence-corrected chi connectivity index (χ2v) is 28.1. The van der Waals surface area contributed by atoms with Crippen molar-refractivity contribution in [2.45, 2.75) is 135 Å². The number of methoxy groups -OCH3 is 3. The van der Waals surface area contributed by atoms with Crippen LogP contribution in [0.15, 0.2) is 110 Å². The van der Waals surface area contributed by atoms with E-state index in [1.165, 1.54) is 66.2 Å². The maximum absolute atomic E-state index is 14.5. The number of carbonyl (C=O) groups is 11. The van der Waals surface area contributed by atoms with Gasteiger partial charge < -0.3 is 99.3 Å². The first-order valence-electron chi connectivity index (χ1n) is 36.8. The standard InChI is InChI=1S/C78H99N11O23/c1-12-25-109-75(99)84-66(45(4)5)70(94)80-48(8)67(91)82-52-22-18-50(19-23-52)43-112-78(102)89-58-38-64(62(105-11)36-54(58)72(96)87-41-47(7)34-60(87)74(89)98)108-27-14-26-107-63-37-57-53(35-61(63)104-10)71(95)86-40-46(6)33-59(86)73(97)88(57)77(101)111-42-49-16-20-51(21-17-49)81-65(90)39-79-68(92)55(32-44(2)3)83-69(93)56-15-13-24-85(56)76(100)110-31-30-106-29-28-103-9/h12,16-23,35-38,44-45,48,55-56,59-60,66,73-74,97-98H,1,6-7,13-15,24-34,39-43H2,2-5,8-11H3,(H,79,92)(H,80,94)(H,81,90)(H,82,91)(H,83,93)(H,84,99)/t48-,55-,56-,59?,60-,66-,73-,74-/m0/s1. The van der Waals surface area contributed by atoms with E-state index in [-0.39, 0.29) is 142 Å². The van der Waals surface area contributed by atoms with Crippen LogP contribution in [0.25, 0.3) is 0 Å². The summed E-state index contributed by atoms with van der Waals surface area (Å²) in [5.41, 5.74) is 2.75. The first-order valence-corrected chi connectivity index (χ1v) is 36.8. The Kier molecular flexibility index (Phi) is 29.8. The molecule has 0 aromatic heterocycles. The summed E-state index contributed by atoms with van der Waals surface area (Å²) in [6.07, 6.45) is -3.80. The van der Waals surface area contributed by atoms with E-state index in [0.717, 1.165) is 9.80 Å². The highest BCUT2D eigenvalue weighted by Gasteiger charge is 2.49. The van der Waals surface area contributed by atoms with Crippen LogP contribution in [-0.4, -0.2) is 233 Å². The zero-order chi connectivity index (χ0) is 81.0. The number of benzene rings is 4. The summed E-state index contributed by atoms with van der Waals surface area (Å²) in [5, 5.41) is 40.0. The number of fused-ring (bicyclic) bond motifs is 4. The van der Waals surface area contributed by atoms with Crippen LogP contribution in [0.4, 0.5) is 41.9 Å². The SMILES string of the molecule is C=CCOC(=O)N[C@H](C(=O)N[C@@H](C)C(=O)Nc1ccc(COC(=O)N2c3cc(OCCCOc4cc5c(cc4OC)C(=O)N4CC(=C)CC4[C@H](O)N5C(=O)OCc4ccc(NC(=O)CNC(=O)[C@H](CC(C)C)NC(=O)[C@@H]5CCCN5C(=O)OCCOCCOC)cc4)c(OC)cc3C(=O)N3CC(=C)C[C@H]3[C@@H]2O)cc1)C(C)C. The van der Waals surface area contributed by atoms with Crippen molar-refractivity contribution in [1.29, 1.82) is 0 Å². The number of ether oxygens (including phenoxy) is 10. The van der Waals surface area contributed by atoms with Gasteiger partial charge in [0.25, 0.3) is 11.8 Å². The number of hydrogen-bond donors (Lipinski definition) is 8. The summed E-state index contributed by atoms with van der Waals surface area (Å²) in [6.45, 7) is 20.3. The van der Waals surface area contributed by atoms with Gasteiger partial charge in [-0.15, -0.1) is 0 Å². The van der Waals surface area contributed by atoms with Crippen LogP contribution < -0.4 is 60.6 Å². The fraction of sp³-hybridized carbons (Fsp3) is 0.474. The lowest BCUT2D eigenvalue weighted by Gasteiger charge is -2.31. The van der Waals surface area contributed by atoms with Gasteiger partial charge in [0.2, 0.25) is 29.5 Å². The number of rotatable bonds is 34. The van der Waals surface area contributed by atoms with Crippen molar-refractivity contribution >= 4 is 88.5 Å². The van der Waals surface area contributed by atoms with Crippen molar-refractivity contribution in [1.82, 2.24) is 36.0 Å². The van der Waals surface area contributed by atoms with Crippen molar-refractivity contribution < 1.29 is 110 Å². The minimum absolute atomic E-state index is 0.0125. The molecule has 9 rings (SSSR count). The molecule has 34 nitrogen and oxygen atoms in total. The second kappa shape index (κ2) is 39.4. The van der Waals surface area contributed by atoms with Gasteiger partial charge in [-0.2, -0.15) is 0 Å². The highest BCUT2D eigenvalue weighted by Crippen LogP contribution is 2.44. The Bertz CT molecular complexity index is 4140. The average Bonchev–Trinajstić information content (AvgIpc) is 1.59. The largest absolute Gasteiger partial charge is 0.493 e. The van der Waals surface area contributed by atoms with Crippen LogP contribution in [0.1, 0.15) is 105 Å². The first kappa shape index (κ1) is 84.5. The third kappa shape index (κ3) is 21.3. The number of nitrogens with zero attached hydrogens (tertiary/aromatic N) is 5. The molecule has 34 heteroatoms. The predicted octanol–water partition coefficient (Wildman–Crippen LogP) is 6.27. The number of hydrogen-bond acceptors (Lipinski definition) is 23. The number of amides is 11. The van der Waals surface area contributed by atoms with Gasteiger partial charge in [-0.1, -0.05) is 88.9 Å². The van der Waals surface area contributed by atoms with E-state index in [1.54, 1.807) is 69.5 Å². The van der Waals surface area contributed by atoms with Gasteiger partial charge in [-0.25, -0.2) is 29.0 Å². The minimum Gasteiger partial charge on any atom is -0.493 e. The molecule has 8 N–H and O–H groups in total. The number of alkyl carbamates (subject to hydrolysis) is 1. The summed E-state index contributed by atoms with van der Waals surface area (Å²) >= 11 is 0. The van der Waals surface area contributed by atoms with E-state index in [9.17, 15) is 63.0 Å². The third-order valence-corrected chi connectivity index (χ3v) is 19.0. The van der Waals surface area contributed by atoms with Crippen molar-refractivity contribution in [2.75, 3.05) is 114 Å². The maximum atomic E-state index is 14.5. The summed E-state index contributed by atoms with van der Waals surface area (Å²) in [6, 6.07) is 12.4. The van der Waals surface area contributed by atoms with Crippen molar-refractivity contribution in [3.63, 3.8) is 0 Å². The quantitative estimate of drug-likeness (QED) is 0.0145. The first-order chi connectivity index (χ1) is 53.6. The van der Waals surface area contributed by atoms with Gasteiger partial charge in [0.05, 0.1) is 88.4 Å². The molecule has 5 aliphatic rings. The van der Waals surface area contributed by atoms with E-state index in [2.05, 4.69) is 51.6 Å². The fourth-order valence-corrected chi connectivity index (χ4v) is 13.3. The third-order valence-electron chi connectivity index (χ3n) is 19.0. The Morgan fingerprint density at radius 3 is 1.62 bits per heavy atom. The topological polar surface area (TPSA) is 409 Å². The molecule has 604 valence electrons. The van der Waals surface area contributed by atoms with Gasteiger partial charge in [0.1, 0.15) is 50.6 Å². The molecule has 1 unspecified atom stereocenters. The Morgan fingerprint density at radius 1 is 0.598 bits per heavy atom. The lowest BCUT2D eigenvalue weighted by Crippen LogP contribution is -2.54. The predicted molar refractivity (Wildman–Crippen MR) is 405 cm³/mol. The average molecular weight is 1560 g/mol. The number of aliphatic hydroxyl groups excluding tert-OH is 2. The summed E-state index contributed by atoms with van der Waals surface area (Å²) in [7, 11) is 4.27. The molecule has 3 fully saturated rings. The molecular weight excluding hydrogens is 1460 g/mol. The zero-order valence-electron chi connectivity index (χ0n) is 64.0. The Balaban J connectivity index is 0.810. The minimum atomic E-state index is -1.64. The molecule has 3 saturated heterocycles. The Morgan fingerprint density at radius 2 is 1.12 bits per heavy atom. The summed E-state index contributed by atoms with van der Waals surface area (Å²) in [5.74, 6) is -3.99. The molecule has 4 aromatic carbocycles. The molecule has 0 aliphatic carbocycles. The van der Waals surface area contributed by atoms with Crippen molar-refractivity contribution in [2.24, 2.45) is 11.8 Å². The van der Waals surface area contributed by atoms with Crippen LogP contribution in [0, 0.1) is 11.8 Å². The van der Waals surface area contributed by atoms with Crippen LogP contribution >= 0.6 is 0 Å². The maximum Gasteiger partial charge on any atom is 0.416 e. The van der Waals surface area contributed by atoms with Gasteiger partial charge in [-0.05, 0) is 98.4 Å². The summed E-state index contributed by atoms with van der Waals surface area (Å²) < 4.78 is 56.2. The van der Waals surface area contributed by atoms with Crippen molar-refractivity contribution in [3.8, 4) is 23.0 Å². The molecule has 0 saturated carbocycles.